The fourth-order valence-corrected chi connectivity index (χ4v) is 4.47. The zero-order valence-corrected chi connectivity index (χ0v) is 20.2. The number of hydrogen-bond donors (Lipinski definition) is 3. The standard InChI is InChI=1S/C29H25FN2O3S/c30-23-13-11-22(12-14-23)28(34)32-25(17-20-7-3-1-4-8-20)29(35)31-24-15-16-27(26(33)18-24)36-19-21-9-5-2-6-10-21/h1-16,18,25,33H,17,19H2,(H,31,35)(H,32,34). The number of aromatic hydroxyl groups is 1. The van der Waals surface area contributed by atoms with Crippen molar-refractivity contribution in [3.63, 3.8) is 0 Å². The number of benzene rings is 4. The molecule has 0 saturated heterocycles. The Morgan fingerprint density at radius 2 is 1.47 bits per heavy atom. The first-order chi connectivity index (χ1) is 17.5. The Morgan fingerprint density at radius 1 is 0.833 bits per heavy atom. The van der Waals surface area contributed by atoms with Gasteiger partial charge in [-0.15, -0.1) is 11.8 Å². The molecule has 0 aliphatic rings. The van der Waals surface area contributed by atoms with E-state index in [2.05, 4.69) is 10.6 Å². The average molecular weight is 501 g/mol. The van der Waals surface area contributed by atoms with Crippen LogP contribution in [0.5, 0.6) is 5.75 Å². The monoisotopic (exact) mass is 500 g/mol. The van der Waals surface area contributed by atoms with E-state index in [9.17, 15) is 19.1 Å². The zero-order chi connectivity index (χ0) is 25.3. The molecule has 0 radical (unpaired) electrons. The molecule has 0 fully saturated rings. The van der Waals surface area contributed by atoms with Gasteiger partial charge in [-0.3, -0.25) is 9.59 Å². The summed E-state index contributed by atoms with van der Waals surface area (Å²) in [7, 11) is 0. The van der Waals surface area contributed by atoms with Gasteiger partial charge in [0.1, 0.15) is 17.6 Å². The average Bonchev–Trinajstić information content (AvgIpc) is 2.89. The normalized spacial score (nSPS) is 11.5. The number of thioether (sulfide) groups is 1. The molecule has 0 aliphatic carbocycles. The first kappa shape index (κ1) is 25.0. The number of phenols is 1. The van der Waals surface area contributed by atoms with Crippen molar-refractivity contribution in [3.05, 3.63) is 126 Å². The van der Waals surface area contributed by atoms with Crippen LogP contribution in [0.2, 0.25) is 0 Å². The molecular weight excluding hydrogens is 475 g/mol. The Balaban J connectivity index is 1.45. The number of amides is 2. The van der Waals surface area contributed by atoms with E-state index in [0.29, 0.717) is 16.3 Å². The lowest BCUT2D eigenvalue weighted by Gasteiger charge is -2.19. The molecule has 4 aromatic carbocycles. The van der Waals surface area contributed by atoms with Crippen molar-refractivity contribution in [1.82, 2.24) is 5.32 Å². The summed E-state index contributed by atoms with van der Waals surface area (Å²) >= 11 is 1.50. The molecule has 1 unspecified atom stereocenters. The fraction of sp³-hybridized carbons (Fsp3) is 0.103. The van der Waals surface area contributed by atoms with Gasteiger partial charge < -0.3 is 15.7 Å². The molecule has 0 saturated carbocycles. The lowest BCUT2D eigenvalue weighted by molar-refractivity contribution is -0.118. The maximum absolute atomic E-state index is 13.2. The maximum atomic E-state index is 13.2. The third-order valence-corrected chi connectivity index (χ3v) is 6.61. The second-order valence-corrected chi connectivity index (χ2v) is 9.19. The number of phenolic OH excluding ortho intramolecular Hbond substituents is 1. The molecule has 1 atom stereocenters. The van der Waals surface area contributed by atoms with E-state index < -0.39 is 23.7 Å². The fourth-order valence-electron chi connectivity index (χ4n) is 3.58. The summed E-state index contributed by atoms with van der Waals surface area (Å²) in [6.45, 7) is 0. The quantitative estimate of drug-likeness (QED) is 0.254. The van der Waals surface area contributed by atoms with E-state index in [1.54, 1.807) is 12.1 Å². The van der Waals surface area contributed by atoms with Crippen LogP contribution < -0.4 is 10.6 Å². The smallest absolute Gasteiger partial charge is 0.251 e. The Morgan fingerprint density at radius 3 is 2.11 bits per heavy atom. The Kier molecular flexibility index (Phi) is 8.36. The van der Waals surface area contributed by atoms with Crippen LogP contribution in [0.4, 0.5) is 10.1 Å². The highest BCUT2D eigenvalue weighted by atomic mass is 32.2. The minimum absolute atomic E-state index is 0.0590. The molecule has 0 heterocycles. The van der Waals surface area contributed by atoms with E-state index in [0.717, 1.165) is 11.1 Å². The molecule has 4 rings (SSSR count). The molecule has 0 spiro atoms. The van der Waals surface area contributed by atoms with Crippen LogP contribution >= 0.6 is 11.8 Å². The zero-order valence-electron chi connectivity index (χ0n) is 19.4. The van der Waals surface area contributed by atoms with Gasteiger partial charge in [-0.1, -0.05) is 60.7 Å². The third kappa shape index (κ3) is 6.96. The van der Waals surface area contributed by atoms with Crippen molar-refractivity contribution < 1.29 is 19.1 Å². The van der Waals surface area contributed by atoms with Crippen molar-refractivity contribution in [3.8, 4) is 5.75 Å². The number of hydrogen-bond acceptors (Lipinski definition) is 4. The summed E-state index contributed by atoms with van der Waals surface area (Å²) in [6, 6.07) is 28.4. The van der Waals surface area contributed by atoms with Crippen molar-refractivity contribution in [2.24, 2.45) is 0 Å². The molecule has 36 heavy (non-hydrogen) atoms. The first-order valence-electron chi connectivity index (χ1n) is 11.4. The summed E-state index contributed by atoms with van der Waals surface area (Å²) in [4.78, 5) is 26.6. The van der Waals surface area contributed by atoms with Crippen LogP contribution in [0, 0.1) is 5.82 Å². The van der Waals surface area contributed by atoms with Gasteiger partial charge in [-0.25, -0.2) is 4.39 Å². The molecule has 4 aromatic rings. The molecule has 182 valence electrons. The van der Waals surface area contributed by atoms with Gasteiger partial charge >= 0.3 is 0 Å². The SMILES string of the molecule is O=C(NC(Cc1ccccc1)C(=O)Nc1ccc(SCc2ccccc2)c(O)c1)c1ccc(F)cc1. The Labute approximate surface area is 213 Å². The molecule has 7 heteroatoms. The van der Waals surface area contributed by atoms with Gasteiger partial charge in [0.25, 0.3) is 5.91 Å². The summed E-state index contributed by atoms with van der Waals surface area (Å²) in [5, 5.41) is 16.0. The van der Waals surface area contributed by atoms with Gasteiger partial charge in [0.15, 0.2) is 0 Å². The summed E-state index contributed by atoms with van der Waals surface area (Å²) in [5.74, 6) is -0.603. The van der Waals surface area contributed by atoms with Crippen molar-refractivity contribution in [1.29, 1.82) is 0 Å². The highest BCUT2D eigenvalue weighted by Crippen LogP contribution is 2.33. The molecule has 5 nitrogen and oxygen atoms in total. The number of carbonyl (C=O) groups excluding carboxylic acids is 2. The predicted octanol–water partition coefficient (Wildman–Crippen LogP) is 5.80. The van der Waals surface area contributed by atoms with Crippen LogP contribution in [-0.2, 0) is 17.0 Å². The molecule has 3 N–H and O–H groups in total. The highest BCUT2D eigenvalue weighted by Gasteiger charge is 2.22. The van der Waals surface area contributed by atoms with E-state index in [1.165, 1.54) is 42.1 Å². The van der Waals surface area contributed by atoms with Crippen molar-refractivity contribution in [2.45, 2.75) is 23.1 Å². The number of nitrogens with one attached hydrogen (secondary N) is 2. The first-order valence-corrected chi connectivity index (χ1v) is 12.4. The Hall–Kier alpha value is -4.10. The summed E-state index contributed by atoms with van der Waals surface area (Å²) in [5.41, 5.74) is 2.67. The largest absolute Gasteiger partial charge is 0.507 e. The van der Waals surface area contributed by atoms with Crippen LogP contribution in [0.25, 0.3) is 0 Å². The van der Waals surface area contributed by atoms with Gasteiger partial charge in [0.2, 0.25) is 5.91 Å². The molecule has 2 amide bonds. The van der Waals surface area contributed by atoms with E-state index in [-0.39, 0.29) is 17.7 Å². The summed E-state index contributed by atoms with van der Waals surface area (Å²) < 4.78 is 13.2. The topological polar surface area (TPSA) is 78.4 Å². The van der Waals surface area contributed by atoms with E-state index in [4.69, 9.17) is 0 Å². The van der Waals surface area contributed by atoms with Crippen LogP contribution in [-0.4, -0.2) is 23.0 Å². The van der Waals surface area contributed by atoms with E-state index >= 15 is 0 Å². The van der Waals surface area contributed by atoms with Gasteiger partial charge in [-0.05, 0) is 47.5 Å². The molecule has 0 aliphatic heterocycles. The van der Waals surface area contributed by atoms with Gasteiger partial charge in [0.05, 0.1) is 0 Å². The number of carbonyl (C=O) groups is 2. The van der Waals surface area contributed by atoms with Crippen LogP contribution in [0.1, 0.15) is 21.5 Å². The minimum atomic E-state index is -0.890. The second-order valence-electron chi connectivity index (χ2n) is 8.17. The molecule has 0 aromatic heterocycles. The van der Waals surface area contributed by atoms with E-state index in [1.807, 2.05) is 60.7 Å². The van der Waals surface area contributed by atoms with Gasteiger partial charge in [-0.2, -0.15) is 0 Å². The number of rotatable bonds is 9. The second kappa shape index (κ2) is 12.0. The minimum Gasteiger partial charge on any atom is -0.507 e. The van der Waals surface area contributed by atoms with Gasteiger partial charge in [0, 0.05) is 34.4 Å². The highest BCUT2D eigenvalue weighted by molar-refractivity contribution is 7.98. The van der Waals surface area contributed by atoms with Crippen molar-refractivity contribution in [2.75, 3.05) is 5.32 Å². The van der Waals surface area contributed by atoms with Crippen molar-refractivity contribution >= 4 is 29.3 Å². The summed E-state index contributed by atoms with van der Waals surface area (Å²) in [6.07, 6.45) is 0.261. The van der Waals surface area contributed by atoms with Crippen LogP contribution in [0.15, 0.2) is 108 Å². The lowest BCUT2D eigenvalue weighted by atomic mass is 10.0. The number of anilines is 1. The number of halogens is 1. The predicted molar refractivity (Wildman–Crippen MR) is 141 cm³/mol. The molecular formula is C29H25FN2O3S. The molecule has 0 bridgehead atoms. The van der Waals surface area contributed by atoms with Crippen LogP contribution in [0.3, 0.4) is 0 Å². The maximum Gasteiger partial charge on any atom is 0.251 e. The third-order valence-electron chi connectivity index (χ3n) is 5.47. The lowest BCUT2D eigenvalue weighted by Crippen LogP contribution is -2.45. The Bertz CT molecular complexity index is 1320.